The molecule has 1 aromatic carbocycles. The number of hydrogen-bond donors (Lipinski definition) is 3. The van der Waals surface area contributed by atoms with Gasteiger partial charge in [-0.05, 0) is 24.3 Å². The lowest BCUT2D eigenvalue weighted by Crippen LogP contribution is -2.64. The van der Waals surface area contributed by atoms with E-state index >= 15 is 0 Å². The smallest absolute Gasteiger partial charge is 0.407 e. The summed E-state index contributed by atoms with van der Waals surface area (Å²) >= 11 is 0. The number of nitrogens with one attached hydrogen (secondary N) is 1. The summed E-state index contributed by atoms with van der Waals surface area (Å²) in [5, 5.41) is 23.1. The van der Waals surface area contributed by atoms with E-state index in [0.29, 0.717) is 13.0 Å². The van der Waals surface area contributed by atoms with Gasteiger partial charge in [0.15, 0.2) is 0 Å². The normalized spacial score (nSPS) is 26.2. The first-order valence-corrected chi connectivity index (χ1v) is 8.67. The molecule has 1 unspecified atom stereocenters. The summed E-state index contributed by atoms with van der Waals surface area (Å²) in [6, 6.07) is 9.93. The number of nitrogens with zero attached hydrogens (tertiary/aromatic N) is 1. The molecule has 0 aliphatic carbocycles. The molecule has 1 aliphatic heterocycles. The van der Waals surface area contributed by atoms with Crippen molar-refractivity contribution in [3.63, 3.8) is 0 Å². The quantitative estimate of drug-likeness (QED) is 0.791. The highest BCUT2D eigenvalue weighted by Gasteiger charge is 2.46. The Balaban J connectivity index is 2.30. The van der Waals surface area contributed by atoms with Crippen LogP contribution in [0.1, 0.15) is 45.7 Å². The average Bonchev–Trinajstić information content (AvgIpc) is 2.54. The van der Waals surface area contributed by atoms with Crippen molar-refractivity contribution in [2.75, 3.05) is 13.2 Å². The van der Waals surface area contributed by atoms with Crippen LogP contribution in [0.3, 0.4) is 0 Å². The fraction of sp³-hybridized carbons (Fsp3) is 0.632. The largest absolute Gasteiger partial charge is 0.465 e. The first-order valence-electron chi connectivity index (χ1n) is 8.67. The Morgan fingerprint density at radius 3 is 2.46 bits per heavy atom. The molecule has 4 atom stereocenters. The zero-order valence-corrected chi connectivity index (χ0v) is 15.1. The Hall–Kier alpha value is -1.59. The van der Waals surface area contributed by atoms with Crippen LogP contribution in [0.4, 0.5) is 4.79 Å². The second-order valence-corrected chi connectivity index (χ2v) is 7.84. The molecule has 0 saturated carbocycles. The number of hydrogen-bond acceptors (Lipinski definition) is 3. The zero-order chi connectivity index (χ0) is 17.9. The van der Waals surface area contributed by atoms with Gasteiger partial charge in [0.2, 0.25) is 0 Å². The SMILES string of the molecule is C[C@H](N[C@@H]1C(C(C)(C)C)N(C(=O)O)CC[C@@H]1CO)c1ccccc1. The molecule has 1 aliphatic rings. The molecule has 2 rings (SSSR count). The van der Waals surface area contributed by atoms with E-state index in [-0.39, 0.29) is 36.1 Å². The third-order valence-electron chi connectivity index (χ3n) is 5.03. The molecule has 134 valence electrons. The molecule has 1 saturated heterocycles. The van der Waals surface area contributed by atoms with Gasteiger partial charge in [0, 0.05) is 31.2 Å². The molecule has 5 heteroatoms. The fourth-order valence-electron chi connectivity index (χ4n) is 3.85. The lowest BCUT2D eigenvalue weighted by atomic mass is 9.73. The Kier molecular flexibility index (Phi) is 5.88. The molecule has 5 nitrogen and oxygen atoms in total. The number of carbonyl (C=O) groups is 1. The minimum absolute atomic E-state index is 0.0518. The van der Waals surface area contributed by atoms with E-state index in [1.54, 1.807) is 4.90 Å². The van der Waals surface area contributed by atoms with Crippen LogP contribution in [0.15, 0.2) is 30.3 Å². The highest BCUT2D eigenvalue weighted by atomic mass is 16.4. The Labute approximate surface area is 144 Å². The molecule has 0 radical (unpaired) electrons. The van der Waals surface area contributed by atoms with E-state index in [1.807, 2.05) is 18.2 Å². The van der Waals surface area contributed by atoms with Crippen LogP contribution in [0, 0.1) is 11.3 Å². The molecular formula is C19H30N2O3. The molecule has 24 heavy (non-hydrogen) atoms. The van der Waals surface area contributed by atoms with Crippen molar-refractivity contribution in [2.24, 2.45) is 11.3 Å². The number of piperidine rings is 1. The van der Waals surface area contributed by atoms with Gasteiger partial charge >= 0.3 is 6.09 Å². The standard InChI is InChI=1S/C19H30N2O3/c1-13(14-8-6-5-7-9-14)20-16-15(12-22)10-11-21(18(23)24)17(16)19(2,3)4/h5-9,13,15-17,20,22H,10-12H2,1-4H3,(H,23,24)/t13-,15+,16-,17?/m0/s1. The maximum absolute atomic E-state index is 11.7. The topological polar surface area (TPSA) is 72.8 Å². The van der Waals surface area contributed by atoms with Crippen molar-refractivity contribution in [3.8, 4) is 0 Å². The first-order chi connectivity index (χ1) is 11.3. The third kappa shape index (κ3) is 4.08. The van der Waals surface area contributed by atoms with Gasteiger partial charge in [0.25, 0.3) is 0 Å². The van der Waals surface area contributed by atoms with Gasteiger partial charge in [-0.15, -0.1) is 0 Å². The van der Waals surface area contributed by atoms with Gasteiger partial charge in [-0.25, -0.2) is 4.79 Å². The maximum atomic E-state index is 11.7. The van der Waals surface area contributed by atoms with Crippen molar-refractivity contribution in [1.82, 2.24) is 10.2 Å². The average molecular weight is 334 g/mol. The van der Waals surface area contributed by atoms with Crippen molar-refractivity contribution >= 4 is 6.09 Å². The van der Waals surface area contributed by atoms with E-state index in [4.69, 9.17) is 0 Å². The van der Waals surface area contributed by atoms with E-state index in [1.165, 1.54) is 0 Å². The number of amides is 1. The van der Waals surface area contributed by atoms with Crippen LogP contribution in [0.2, 0.25) is 0 Å². The molecule has 0 bridgehead atoms. The van der Waals surface area contributed by atoms with Crippen LogP contribution in [-0.4, -0.2) is 46.4 Å². The number of likely N-dealkylation sites (tertiary alicyclic amines) is 1. The Bertz CT molecular complexity index is 541. The van der Waals surface area contributed by atoms with E-state index < -0.39 is 6.09 Å². The summed E-state index contributed by atoms with van der Waals surface area (Å²) < 4.78 is 0. The van der Waals surface area contributed by atoms with Crippen LogP contribution in [-0.2, 0) is 0 Å². The van der Waals surface area contributed by atoms with E-state index in [0.717, 1.165) is 5.56 Å². The summed E-state index contributed by atoms with van der Waals surface area (Å²) in [5.74, 6) is 0.0518. The van der Waals surface area contributed by atoms with Gasteiger partial charge in [-0.1, -0.05) is 51.1 Å². The number of aliphatic hydroxyl groups is 1. The number of benzene rings is 1. The highest BCUT2D eigenvalue weighted by molar-refractivity contribution is 5.66. The lowest BCUT2D eigenvalue weighted by Gasteiger charge is -2.50. The van der Waals surface area contributed by atoms with Gasteiger partial charge in [-0.3, -0.25) is 0 Å². The van der Waals surface area contributed by atoms with Gasteiger partial charge in [0.1, 0.15) is 0 Å². The highest BCUT2D eigenvalue weighted by Crippen LogP contribution is 2.36. The van der Waals surface area contributed by atoms with Gasteiger partial charge < -0.3 is 20.4 Å². The van der Waals surface area contributed by atoms with Crippen molar-refractivity contribution in [2.45, 2.75) is 52.2 Å². The van der Waals surface area contributed by atoms with Crippen LogP contribution < -0.4 is 5.32 Å². The van der Waals surface area contributed by atoms with Crippen LogP contribution in [0.5, 0.6) is 0 Å². The summed E-state index contributed by atoms with van der Waals surface area (Å²) in [7, 11) is 0. The van der Waals surface area contributed by atoms with Crippen molar-refractivity contribution < 1.29 is 15.0 Å². The van der Waals surface area contributed by atoms with Gasteiger partial charge in [0.05, 0.1) is 6.04 Å². The van der Waals surface area contributed by atoms with E-state index in [9.17, 15) is 15.0 Å². The predicted octanol–water partition coefficient (Wildman–Crippen LogP) is 3.11. The molecule has 0 spiro atoms. The number of rotatable bonds is 4. The molecule has 1 amide bonds. The monoisotopic (exact) mass is 334 g/mol. The zero-order valence-electron chi connectivity index (χ0n) is 15.1. The summed E-state index contributed by atoms with van der Waals surface area (Å²) in [4.78, 5) is 13.3. The third-order valence-corrected chi connectivity index (χ3v) is 5.03. The second-order valence-electron chi connectivity index (χ2n) is 7.84. The Morgan fingerprint density at radius 1 is 1.33 bits per heavy atom. The van der Waals surface area contributed by atoms with Gasteiger partial charge in [-0.2, -0.15) is 0 Å². The fourth-order valence-corrected chi connectivity index (χ4v) is 3.85. The molecule has 1 heterocycles. The van der Waals surface area contributed by atoms with E-state index in [2.05, 4.69) is 45.1 Å². The first kappa shape index (κ1) is 18.7. The molecular weight excluding hydrogens is 304 g/mol. The lowest BCUT2D eigenvalue weighted by molar-refractivity contribution is -0.00382. The molecule has 1 aromatic rings. The van der Waals surface area contributed by atoms with Crippen molar-refractivity contribution in [1.29, 1.82) is 0 Å². The Morgan fingerprint density at radius 2 is 1.96 bits per heavy atom. The number of carboxylic acid groups (broad SMARTS) is 1. The molecule has 1 fully saturated rings. The molecule has 3 N–H and O–H groups in total. The van der Waals surface area contributed by atoms with Crippen LogP contribution in [0.25, 0.3) is 0 Å². The molecule has 0 aromatic heterocycles. The minimum Gasteiger partial charge on any atom is -0.465 e. The predicted molar refractivity (Wildman–Crippen MR) is 94.9 cm³/mol. The summed E-state index contributed by atoms with van der Waals surface area (Å²) in [5.41, 5.74) is 0.939. The van der Waals surface area contributed by atoms with Crippen LogP contribution >= 0.6 is 0 Å². The number of aliphatic hydroxyl groups excluding tert-OH is 1. The second kappa shape index (κ2) is 7.53. The summed E-state index contributed by atoms with van der Waals surface area (Å²) in [6.45, 7) is 8.82. The summed E-state index contributed by atoms with van der Waals surface area (Å²) in [6.07, 6.45) is -0.209. The minimum atomic E-state index is -0.884. The van der Waals surface area contributed by atoms with Crippen molar-refractivity contribution in [3.05, 3.63) is 35.9 Å². The maximum Gasteiger partial charge on any atom is 0.407 e.